The second-order valence-electron chi connectivity index (χ2n) is 18.2. The van der Waals surface area contributed by atoms with E-state index in [1.165, 1.54) is 28.2 Å². The summed E-state index contributed by atoms with van der Waals surface area (Å²) in [5, 5.41) is 40.9. The number of carbonyl (C=O) groups is 3. The average molecular weight is 896 g/mol. The van der Waals surface area contributed by atoms with Crippen LogP contribution in [0.2, 0.25) is 0 Å². The van der Waals surface area contributed by atoms with E-state index in [4.69, 9.17) is 32.4 Å². The van der Waals surface area contributed by atoms with Gasteiger partial charge in [-0.2, -0.15) is 0 Å². The molecule has 0 aromatic heterocycles. The number of phenolic OH excluding ortho intramolecular Hbond substituents is 4. The minimum Gasteiger partial charge on any atom is -0.508 e. The van der Waals surface area contributed by atoms with Gasteiger partial charge in [0, 0.05) is 89.2 Å². The monoisotopic (exact) mass is 895 g/mol. The fourth-order valence-electron chi connectivity index (χ4n) is 7.86. The SMILES string of the molecule is CC(C)(C)OC(=O)N1c2cc(O)ccc2CC1C(N)=O.CC(C)(C)OC(=O)N1c2cc(O)ccc2CC1CN.CN1c2cc(O)ccc2C[C@H]1CN.NC[C@@H]1Cc2ccc(O)cc2N1.[B]. The van der Waals surface area contributed by atoms with Crippen molar-refractivity contribution in [3.63, 3.8) is 0 Å². The smallest absolute Gasteiger partial charge is 0.415 e. The number of rotatable bonds is 4. The number of hydrogen-bond donors (Lipinski definition) is 9. The lowest BCUT2D eigenvalue weighted by atomic mass is 10.1. The molecule has 0 fully saturated rings. The van der Waals surface area contributed by atoms with Gasteiger partial charge < -0.3 is 63.1 Å². The van der Waals surface area contributed by atoms with Crippen molar-refractivity contribution in [2.45, 2.75) is 103 Å². The molecule has 4 aromatic carbocycles. The summed E-state index contributed by atoms with van der Waals surface area (Å²) in [4.78, 5) is 41.0. The van der Waals surface area contributed by atoms with Gasteiger partial charge in [-0.15, -0.1) is 0 Å². The van der Waals surface area contributed by atoms with Crippen LogP contribution < -0.4 is 43.0 Å². The summed E-state index contributed by atoms with van der Waals surface area (Å²) in [5.74, 6) is 0.168. The molecule has 65 heavy (non-hydrogen) atoms. The Morgan fingerprint density at radius 3 is 1.49 bits per heavy atom. The minimum atomic E-state index is -0.790. The van der Waals surface area contributed by atoms with Gasteiger partial charge in [-0.25, -0.2) is 9.59 Å². The van der Waals surface area contributed by atoms with Gasteiger partial charge in [0.15, 0.2) is 0 Å². The van der Waals surface area contributed by atoms with Gasteiger partial charge >= 0.3 is 12.2 Å². The molecule has 2 unspecified atom stereocenters. The summed E-state index contributed by atoms with van der Waals surface area (Å²) in [7, 11) is 2.02. The number of nitrogens with one attached hydrogen (secondary N) is 1. The standard InChI is InChI=1S/C14H18N2O4.C14H20N2O3.C10H14N2O.C9H12N2O.B/c1-14(2,3)20-13(19)16-10-7-9(17)5-4-8(10)6-11(16)12(15)18;1-14(2,3)19-13(18)16-10(8-15)6-9-4-5-11(17)7-12(9)16;1-12-8(6-11)4-7-2-3-9(13)5-10(7)12;10-5-7-3-6-1-2-8(12)4-9(6)11-7;/h4-5,7,11,17H,6H2,1-3H3,(H2,15,18);4-5,7,10,17H,6,8,15H2,1-3H3;2-3,5,8,13H,4,6,11H2,1H3;1-2,4,7,11-12H,3,5,10H2;/t;;8-;7-;/m..00./s1. The Kier molecular flexibility index (Phi) is 16.6. The number of likely N-dealkylation sites (N-methyl/N-ethyl adjacent to an activating group) is 1. The third kappa shape index (κ3) is 12.9. The predicted octanol–water partition coefficient (Wildman–Crippen LogP) is 4.58. The fraction of sp³-hybridized carbons (Fsp3) is 0.426. The van der Waals surface area contributed by atoms with E-state index in [0.29, 0.717) is 67.4 Å². The zero-order valence-corrected chi connectivity index (χ0v) is 38.2. The molecule has 3 radical (unpaired) electrons. The van der Waals surface area contributed by atoms with E-state index >= 15 is 0 Å². The Balaban J connectivity index is 0.000000193. The highest BCUT2D eigenvalue weighted by Crippen LogP contribution is 2.38. The molecular formula is C47H64BN8O9. The van der Waals surface area contributed by atoms with Crippen molar-refractivity contribution >= 4 is 49.3 Å². The molecule has 4 atom stereocenters. The van der Waals surface area contributed by atoms with Gasteiger partial charge in [0.2, 0.25) is 5.91 Å². The first-order chi connectivity index (χ1) is 30.0. The number of anilines is 4. The minimum absolute atomic E-state index is 0. The van der Waals surface area contributed by atoms with Crippen LogP contribution in [0.25, 0.3) is 0 Å². The van der Waals surface area contributed by atoms with Crippen molar-refractivity contribution in [2.24, 2.45) is 22.9 Å². The number of nitrogens with zero attached hydrogens (tertiary/aromatic N) is 3. The average Bonchev–Trinajstić information content (AvgIpc) is 3.98. The van der Waals surface area contributed by atoms with Crippen LogP contribution in [0.4, 0.5) is 32.3 Å². The third-order valence-corrected chi connectivity index (χ3v) is 10.9. The zero-order chi connectivity index (χ0) is 47.3. The second-order valence-corrected chi connectivity index (χ2v) is 18.2. The van der Waals surface area contributed by atoms with Crippen LogP contribution in [0, 0.1) is 0 Å². The molecule has 4 aliphatic rings. The first-order valence-corrected chi connectivity index (χ1v) is 21.2. The van der Waals surface area contributed by atoms with Crippen LogP contribution in [0.5, 0.6) is 23.0 Å². The van der Waals surface area contributed by atoms with Crippen molar-refractivity contribution in [1.29, 1.82) is 0 Å². The molecule has 0 aliphatic carbocycles. The molecule has 0 spiro atoms. The number of nitrogens with two attached hydrogens (primary N) is 4. The van der Waals surface area contributed by atoms with E-state index in [1.807, 2.05) is 46.0 Å². The lowest BCUT2D eigenvalue weighted by Gasteiger charge is -2.28. The summed E-state index contributed by atoms with van der Waals surface area (Å²) in [6.45, 7) is 12.3. The van der Waals surface area contributed by atoms with Crippen molar-refractivity contribution in [3.05, 3.63) is 95.1 Å². The summed E-state index contributed by atoms with van der Waals surface area (Å²) < 4.78 is 10.7. The number of carbonyl (C=O) groups excluding carboxylic acids is 3. The van der Waals surface area contributed by atoms with E-state index in [-0.39, 0.29) is 26.0 Å². The number of amides is 3. The van der Waals surface area contributed by atoms with Gasteiger partial charge in [0.05, 0.1) is 17.4 Å². The fourth-order valence-corrected chi connectivity index (χ4v) is 7.86. The highest BCUT2D eigenvalue weighted by Gasteiger charge is 2.40. The molecule has 18 heteroatoms. The summed E-state index contributed by atoms with van der Waals surface area (Å²) in [6.07, 6.45) is 1.89. The predicted molar refractivity (Wildman–Crippen MR) is 254 cm³/mol. The lowest BCUT2D eigenvalue weighted by Crippen LogP contribution is -2.47. The molecule has 0 bridgehead atoms. The summed E-state index contributed by atoms with van der Waals surface area (Å²) in [6, 6.07) is 20.3. The van der Waals surface area contributed by atoms with Gasteiger partial charge in [-0.1, -0.05) is 24.3 Å². The first kappa shape index (κ1) is 51.3. The van der Waals surface area contributed by atoms with Gasteiger partial charge in [0.1, 0.15) is 40.2 Å². The van der Waals surface area contributed by atoms with Crippen LogP contribution in [0.1, 0.15) is 63.8 Å². The Bertz CT molecular complexity index is 2320. The number of ether oxygens (including phenoxy) is 2. The maximum absolute atomic E-state index is 12.3. The first-order valence-electron chi connectivity index (χ1n) is 21.2. The number of hydrogen-bond acceptors (Lipinski definition) is 14. The maximum Gasteiger partial charge on any atom is 0.415 e. The summed E-state index contributed by atoms with van der Waals surface area (Å²) in [5.41, 5.74) is 28.6. The number of aromatic hydroxyl groups is 4. The molecule has 0 saturated carbocycles. The second kappa shape index (κ2) is 21.1. The van der Waals surface area contributed by atoms with Crippen molar-refractivity contribution in [1.82, 2.24) is 0 Å². The number of phenols is 4. The van der Waals surface area contributed by atoms with E-state index in [2.05, 4.69) is 10.2 Å². The Hall–Kier alpha value is -6.37. The molecule has 17 nitrogen and oxygen atoms in total. The van der Waals surface area contributed by atoms with Gasteiger partial charge in [0.25, 0.3) is 0 Å². The number of fused-ring (bicyclic) bond motifs is 4. The van der Waals surface area contributed by atoms with Crippen LogP contribution in [0.3, 0.4) is 0 Å². The van der Waals surface area contributed by atoms with Crippen molar-refractivity contribution < 1.29 is 44.3 Å². The topological polar surface area (TPSA) is 276 Å². The van der Waals surface area contributed by atoms with E-state index in [1.54, 1.807) is 68.1 Å². The van der Waals surface area contributed by atoms with Crippen molar-refractivity contribution in [2.75, 3.05) is 46.7 Å². The quantitative estimate of drug-likeness (QED) is 0.127. The molecule has 4 heterocycles. The molecule has 4 aromatic rings. The van der Waals surface area contributed by atoms with Crippen LogP contribution in [0.15, 0.2) is 72.8 Å². The third-order valence-electron chi connectivity index (χ3n) is 10.9. The molecule has 349 valence electrons. The highest BCUT2D eigenvalue weighted by atomic mass is 16.6. The van der Waals surface area contributed by atoms with Gasteiger partial charge in [-0.05, 0) is 107 Å². The number of primary amides is 1. The van der Waals surface area contributed by atoms with Crippen LogP contribution >= 0.6 is 0 Å². The molecular weight excluding hydrogens is 831 g/mol. The van der Waals surface area contributed by atoms with Crippen LogP contribution in [-0.2, 0) is 40.0 Å². The Labute approximate surface area is 382 Å². The summed E-state index contributed by atoms with van der Waals surface area (Å²) >= 11 is 0. The largest absolute Gasteiger partial charge is 0.508 e. The molecule has 13 N–H and O–H groups in total. The van der Waals surface area contributed by atoms with Gasteiger partial charge in [-0.3, -0.25) is 14.6 Å². The Morgan fingerprint density at radius 2 is 1.02 bits per heavy atom. The molecule has 3 amide bonds. The zero-order valence-electron chi connectivity index (χ0n) is 38.2. The number of benzene rings is 4. The van der Waals surface area contributed by atoms with E-state index in [0.717, 1.165) is 35.3 Å². The molecule has 0 saturated heterocycles. The lowest BCUT2D eigenvalue weighted by molar-refractivity contribution is -0.119. The maximum atomic E-state index is 12.3. The van der Waals surface area contributed by atoms with Crippen molar-refractivity contribution in [3.8, 4) is 23.0 Å². The van der Waals surface area contributed by atoms with E-state index in [9.17, 15) is 34.8 Å². The highest BCUT2D eigenvalue weighted by molar-refractivity contribution is 6.00. The van der Waals surface area contributed by atoms with Crippen LogP contribution in [-0.4, -0.2) is 109 Å². The molecule has 8 rings (SSSR count). The normalized spacial score (nSPS) is 18.6. The molecule has 4 aliphatic heterocycles. The van der Waals surface area contributed by atoms with E-state index < -0.39 is 35.3 Å². The Morgan fingerprint density at radius 1 is 0.600 bits per heavy atom.